The van der Waals surface area contributed by atoms with E-state index in [4.69, 9.17) is 21.1 Å². The molecule has 0 saturated heterocycles. The van der Waals surface area contributed by atoms with Crippen molar-refractivity contribution in [1.82, 2.24) is 4.98 Å². The molecule has 1 heterocycles. The van der Waals surface area contributed by atoms with E-state index in [2.05, 4.69) is 10.3 Å². The van der Waals surface area contributed by atoms with E-state index < -0.39 is 35.1 Å². The summed E-state index contributed by atoms with van der Waals surface area (Å²) in [6, 6.07) is 11.9. The summed E-state index contributed by atoms with van der Waals surface area (Å²) in [5.74, 6) is -4.56. The monoisotopic (exact) mass is 506 g/mol. The molecule has 0 aliphatic rings. The van der Waals surface area contributed by atoms with Gasteiger partial charge in [0.05, 0.1) is 18.6 Å². The van der Waals surface area contributed by atoms with E-state index in [0.29, 0.717) is 22.2 Å². The number of hydrogen-bond donors (Lipinski definition) is 1. The van der Waals surface area contributed by atoms with Gasteiger partial charge in [0.1, 0.15) is 11.3 Å². The Bertz CT molecular complexity index is 1230. The highest BCUT2D eigenvalue weighted by Gasteiger charge is 2.31. The molecule has 0 saturated carbocycles. The van der Waals surface area contributed by atoms with Crippen LogP contribution in [0.2, 0.25) is 5.02 Å². The SMILES string of the molecule is COc1ccc(Cl)c(C(C)(C)Oc2ccc(NC(=O)Cc3ccc(C(F)(F)C=O)cc3)cc2F)n1. The molecule has 0 atom stereocenters. The molecule has 1 amide bonds. The number of benzene rings is 2. The standard InChI is InChI=1S/C25H22ClF3N2O4/c1-24(2,23-18(26)9-11-22(31-23)34-3)35-20-10-8-17(13-19(20)27)30-21(33)12-15-4-6-16(7-5-15)25(28,29)14-32/h4-11,13-14H,12H2,1-3H3,(H,30,33). The summed E-state index contributed by atoms with van der Waals surface area (Å²) >= 11 is 6.24. The molecule has 35 heavy (non-hydrogen) atoms. The third kappa shape index (κ3) is 6.30. The zero-order valence-corrected chi connectivity index (χ0v) is 19.8. The van der Waals surface area contributed by atoms with Crippen LogP contribution in [-0.2, 0) is 27.5 Å². The van der Waals surface area contributed by atoms with Crippen LogP contribution >= 0.6 is 11.6 Å². The van der Waals surface area contributed by atoms with Crippen LogP contribution in [0.3, 0.4) is 0 Å². The van der Waals surface area contributed by atoms with Crippen molar-refractivity contribution in [1.29, 1.82) is 0 Å². The zero-order chi connectivity index (χ0) is 25.8. The van der Waals surface area contributed by atoms with Gasteiger partial charge in [-0.1, -0.05) is 35.9 Å². The van der Waals surface area contributed by atoms with Crippen LogP contribution in [0.5, 0.6) is 11.6 Å². The maximum Gasteiger partial charge on any atom is 0.327 e. The predicted octanol–water partition coefficient (Wildman–Crippen LogP) is 5.67. The van der Waals surface area contributed by atoms with Crippen molar-refractivity contribution in [3.05, 3.63) is 82.3 Å². The summed E-state index contributed by atoms with van der Waals surface area (Å²) in [5, 5.41) is 2.87. The number of hydrogen-bond acceptors (Lipinski definition) is 5. The van der Waals surface area contributed by atoms with Crippen LogP contribution in [0.4, 0.5) is 18.9 Å². The summed E-state index contributed by atoms with van der Waals surface area (Å²) in [6.07, 6.45) is -0.584. The molecular formula is C25H22ClF3N2O4. The fourth-order valence-corrected chi connectivity index (χ4v) is 3.58. The van der Waals surface area contributed by atoms with Gasteiger partial charge in [-0.3, -0.25) is 9.59 Å². The number of nitrogens with one attached hydrogen (secondary N) is 1. The highest BCUT2D eigenvalue weighted by molar-refractivity contribution is 6.31. The van der Waals surface area contributed by atoms with Gasteiger partial charge < -0.3 is 14.8 Å². The maximum absolute atomic E-state index is 14.8. The third-order valence-electron chi connectivity index (χ3n) is 5.03. The minimum atomic E-state index is -3.59. The highest BCUT2D eigenvalue weighted by atomic mass is 35.5. The largest absolute Gasteiger partial charge is 0.481 e. The first-order valence-electron chi connectivity index (χ1n) is 10.4. The molecule has 3 aromatic rings. The van der Waals surface area contributed by atoms with Gasteiger partial charge in [0.25, 0.3) is 0 Å². The lowest BCUT2D eigenvalue weighted by atomic mass is 10.0. The van der Waals surface area contributed by atoms with Gasteiger partial charge in [-0.15, -0.1) is 0 Å². The Balaban J connectivity index is 1.68. The molecule has 0 aliphatic carbocycles. The van der Waals surface area contributed by atoms with E-state index in [-0.39, 0.29) is 17.9 Å². The Morgan fingerprint density at radius 2 is 1.80 bits per heavy atom. The molecule has 3 rings (SSSR count). The normalized spacial score (nSPS) is 11.6. The van der Waals surface area contributed by atoms with Crippen molar-refractivity contribution in [2.24, 2.45) is 0 Å². The summed E-state index contributed by atoms with van der Waals surface area (Å²) in [6.45, 7) is 3.35. The van der Waals surface area contributed by atoms with Gasteiger partial charge in [0.15, 0.2) is 17.9 Å². The van der Waals surface area contributed by atoms with Gasteiger partial charge >= 0.3 is 5.92 Å². The van der Waals surface area contributed by atoms with Gasteiger partial charge in [0, 0.05) is 23.4 Å². The van der Waals surface area contributed by atoms with Crippen molar-refractivity contribution in [2.45, 2.75) is 31.8 Å². The number of ether oxygens (including phenoxy) is 2. The van der Waals surface area contributed by atoms with E-state index >= 15 is 0 Å². The molecule has 0 bridgehead atoms. The molecule has 1 aromatic heterocycles. The number of carbonyl (C=O) groups is 2. The number of alkyl halides is 2. The van der Waals surface area contributed by atoms with Crippen molar-refractivity contribution in [3.63, 3.8) is 0 Å². The van der Waals surface area contributed by atoms with E-state index in [0.717, 1.165) is 18.2 Å². The Morgan fingerprint density at radius 3 is 2.40 bits per heavy atom. The molecule has 2 aromatic carbocycles. The van der Waals surface area contributed by atoms with Crippen LogP contribution in [0.1, 0.15) is 30.7 Å². The minimum Gasteiger partial charge on any atom is -0.481 e. The van der Waals surface area contributed by atoms with Gasteiger partial charge in [-0.05, 0) is 37.6 Å². The Kier molecular flexibility index (Phi) is 7.70. The summed E-state index contributed by atoms with van der Waals surface area (Å²) < 4.78 is 52.5. The average Bonchev–Trinajstić information content (AvgIpc) is 2.81. The predicted molar refractivity (Wildman–Crippen MR) is 125 cm³/mol. The molecule has 0 spiro atoms. The molecular weight excluding hydrogens is 485 g/mol. The van der Waals surface area contributed by atoms with Crippen LogP contribution in [0.15, 0.2) is 54.6 Å². The first-order valence-corrected chi connectivity index (χ1v) is 10.8. The number of carbonyl (C=O) groups excluding carboxylic acids is 2. The molecule has 0 fully saturated rings. The number of pyridine rings is 1. The van der Waals surface area contributed by atoms with E-state index in [1.165, 1.54) is 31.4 Å². The molecule has 0 aliphatic heterocycles. The number of aromatic nitrogens is 1. The Morgan fingerprint density at radius 1 is 1.11 bits per heavy atom. The minimum absolute atomic E-state index is 0.0830. The van der Waals surface area contributed by atoms with Gasteiger partial charge in [0.2, 0.25) is 11.8 Å². The molecule has 10 heteroatoms. The molecule has 184 valence electrons. The Hall–Kier alpha value is -3.59. The topological polar surface area (TPSA) is 77.5 Å². The second-order valence-corrected chi connectivity index (χ2v) is 8.51. The van der Waals surface area contributed by atoms with Crippen molar-refractivity contribution >= 4 is 29.5 Å². The van der Waals surface area contributed by atoms with Crippen molar-refractivity contribution < 1.29 is 32.2 Å². The van der Waals surface area contributed by atoms with Crippen molar-refractivity contribution in [2.75, 3.05) is 12.4 Å². The first kappa shape index (κ1) is 26.0. The smallest absolute Gasteiger partial charge is 0.327 e. The van der Waals surface area contributed by atoms with E-state index in [9.17, 15) is 22.8 Å². The number of nitrogens with zero attached hydrogens (tertiary/aromatic N) is 1. The van der Waals surface area contributed by atoms with E-state index in [1.54, 1.807) is 26.0 Å². The van der Waals surface area contributed by atoms with Gasteiger partial charge in [-0.2, -0.15) is 8.78 Å². The molecule has 1 N–H and O–H groups in total. The van der Waals surface area contributed by atoms with Crippen molar-refractivity contribution in [3.8, 4) is 11.6 Å². The number of halogens is 4. The summed E-state index contributed by atoms with van der Waals surface area (Å²) in [5.41, 5.74) is -0.601. The lowest BCUT2D eigenvalue weighted by Gasteiger charge is -2.27. The fraction of sp³-hybridized carbons (Fsp3) is 0.240. The quantitative estimate of drug-likeness (QED) is 0.378. The maximum atomic E-state index is 14.8. The second-order valence-electron chi connectivity index (χ2n) is 8.10. The first-order chi connectivity index (χ1) is 16.4. The molecule has 6 nitrogen and oxygen atoms in total. The number of aldehydes is 1. The number of methoxy groups -OCH3 is 1. The van der Waals surface area contributed by atoms with E-state index in [1.807, 2.05) is 0 Å². The summed E-state index contributed by atoms with van der Waals surface area (Å²) in [7, 11) is 1.46. The lowest BCUT2D eigenvalue weighted by molar-refractivity contribution is -0.130. The number of anilines is 1. The van der Waals surface area contributed by atoms with Crippen LogP contribution in [-0.4, -0.2) is 24.3 Å². The average molecular weight is 507 g/mol. The Labute approximate surface area is 205 Å². The lowest BCUT2D eigenvalue weighted by Crippen LogP contribution is -2.27. The number of rotatable bonds is 9. The molecule has 0 unspecified atom stereocenters. The second kappa shape index (κ2) is 10.4. The third-order valence-corrected chi connectivity index (χ3v) is 5.34. The van der Waals surface area contributed by atoms with Gasteiger partial charge in [-0.25, -0.2) is 9.37 Å². The number of amides is 1. The summed E-state index contributed by atoms with van der Waals surface area (Å²) in [4.78, 5) is 27.1. The molecule has 0 radical (unpaired) electrons. The zero-order valence-electron chi connectivity index (χ0n) is 19.1. The van der Waals surface area contributed by atoms with Crippen LogP contribution < -0.4 is 14.8 Å². The fourth-order valence-electron chi connectivity index (χ4n) is 3.25. The van der Waals surface area contributed by atoms with Crippen LogP contribution in [0.25, 0.3) is 0 Å². The van der Waals surface area contributed by atoms with Crippen LogP contribution in [0, 0.1) is 5.82 Å². The highest BCUT2D eigenvalue weighted by Crippen LogP contribution is 2.34.